The Hall–Kier alpha value is -5.32. The molecule has 0 spiro atoms. The van der Waals surface area contributed by atoms with Gasteiger partial charge < -0.3 is 4.57 Å². The van der Waals surface area contributed by atoms with Crippen LogP contribution in [0.5, 0.6) is 0 Å². The highest BCUT2D eigenvalue weighted by atomic mass is 15.0. The van der Waals surface area contributed by atoms with E-state index in [0.29, 0.717) is 0 Å². The Morgan fingerprint density at radius 2 is 1.46 bits per heavy atom. The molecule has 1 heteroatoms. The second kappa shape index (κ2) is 9.35. The van der Waals surface area contributed by atoms with Crippen LogP contribution in [0.2, 0.25) is 0 Å². The third-order valence-electron chi connectivity index (χ3n) is 11.1. The molecule has 218 valence electrons. The van der Waals surface area contributed by atoms with Gasteiger partial charge in [-0.25, -0.2) is 0 Å². The van der Waals surface area contributed by atoms with E-state index in [2.05, 4.69) is 146 Å². The van der Waals surface area contributed by atoms with Crippen molar-refractivity contribution in [2.24, 2.45) is 0 Å². The molecule has 0 amide bonds. The van der Waals surface area contributed by atoms with Crippen molar-refractivity contribution < 1.29 is 0 Å². The van der Waals surface area contributed by atoms with Gasteiger partial charge in [-0.2, -0.15) is 0 Å². The van der Waals surface area contributed by atoms with Gasteiger partial charge in [-0.15, -0.1) is 0 Å². The average Bonchev–Trinajstić information content (AvgIpc) is 3.56. The fourth-order valence-corrected chi connectivity index (χ4v) is 8.89. The number of aromatic nitrogens is 1. The van der Waals surface area contributed by atoms with Crippen LogP contribution >= 0.6 is 0 Å². The monoisotopic (exact) mass is 587 g/mol. The lowest BCUT2D eigenvalue weighted by molar-refractivity contribution is 0.632. The first-order valence-corrected chi connectivity index (χ1v) is 16.6. The molecule has 6 aromatic carbocycles. The third kappa shape index (κ3) is 3.48. The molecule has 1 unspecified atom stereocenters. The van der Waals surface area contributed by atoms with Gasteiger partial charge in [0.2, 0.25) is 0 Å². The van der Waals surface area contributed by atoms with Gasteiger partial charge in [-0.3, -0.25) is 0 Å². The molecule has 1 heterocycles. The van der Waals surface area contributed by atoms with E-state index in [1.807, 2.05) is 6.07 Å². The zero-order valence-corrected chi connectivity index (χ0v) is 26.2. The molecule has 10 rings (SSSR count). The van der Waals surface area contributed by atoms with Crippen molar-refractivity contribution in [1.29, 1.82) is 0 Å². The van der Waals surface area contributed by atoms with Crippen LogP contribution in [0.25, 0.3) is 67.0 Å². The summed E-state index contributed by atoms with van der Waals surface area (Å²) in [6.45, 7) is 4.69. The van der Waals surface area contributed by atoms with Crippen molar-refractivity contribution in [3.05, 3.63) is 155 Å². The van der Waals surface area contributed by atoms with Crippen molar-refractivity contribution in [3.63, 3.8) is 0 Å². The summed E-state index contributed by atoms with van der Waals surface area (Å²) >= 11 is 0. The molecule has 0 saturated heterocycles. The van der Waals surface area contributed by atoms with E-state index < -0.39 is 0 Å². The zero-order chi connectivity index (χ0) is 30.6. The Kier molecular flexibility index (Phi) is 5.28. The number of hydrogen-bond acceptors (Lipinski definition) is 0. The van der Waals surface area contributed by atoms with Crippen LogP contribution in [0.15, 0.2) is 109 Å². The topological polar surface area (TPSA) is 4.93 Å². The Morgan fingerprint density at radius 3 is 2.35 bits per heavy atom. The van der Waals surface area contributed by atoms with E-state index in [0.717, 1.165) is 24.8 Å². The van der Waals surface area contributed by atoms with E-state index in [-0.39, 0.29) is 11.5 Å². The van der Waals surface area contributed by atoms with Crippen molar-refractivity contribution in [1.82, 2.24) is 4.57 Å². The van der Waals surface area contributed by atoms with Crippen LogP contribution in [-0.4, -0.2) is 4.57 Å². The predicted octanol–water partition coefficient (Wildman–Crippen LogP) is 11.3. The van der Waals surface area contributed by atoms with Gasteiger partial charge in [-0.05, 0) is 122 Å². The maximum Gasteiger partial charge on any atom is 0.101 e. The second-order valence-electron chi connectivity index (χ2n) is 13.8. The van der Waals surface area contributed by atoms with E-state index in [4.69, 9.17) is 0 Å². The van der Waals surface area contributed by atoms with Crippen LogP contribution in [0.1, 0.15) is 59.7 Å². The number of rotatable bonds is 2. The van der Waals surface area contributed by atoms with Gasteiger partial charge in [0.25, 0.3) is 0 Å². The standard InChI is InChI=1S/C45H33N/c1-45(2)41-17-9-7-15-36(41)39-25-28(19-23-42(39)45)29-20-24-44-40(26-29)37-16-8-10-18-43(37)46(44)30-21-22-35-33-13-4-3-11-31(33)32-12-5-6-14-34(32)38(35)27-30/h3-5,7-9,11-13,15-17,19-26,30H,6,14,27H2,1-2H3. The van der Waals surface area contributed by atoms with Gasteiger partial charge in [0.15, 0.2) is 0 Å². The van der Waals surface area contributed by atoms with Crippen molar-refractivity contribution >= 4 is 44.7 Å². The molecule has 46 heavy (non-hydrogen) atoms. The number of hydrogen-bond donors (Lipinski definition) is 0. The lowest BCUT2D eigenvalue weighted by Crippen LogP contribution is -2.16. The molecule has 7 aromatic rings. The highest BCUT2D eigenvalue weighted by Crippen LogP contribution is 2.50. The fraction of sp³-hybridized carbons (Fsp3) is 0.156. The van der Waals surface area contributed by atoms with Crippen LogP contribution in [0, 0.1) is 12.1 Å². The Balaban J connectivity index is 1.12. The minimum atomic E-state index is 0.0160. The van der Waals surface area contributed by atoms with Gasteiger partial charge >= 0.3 is 0 Å². The largest absolute Gasteiger partial charge is 0.326 e. The maximum absolute atomic E-state index is 3.53. The summed E-state index contributed by atoms with van der Waals surface area (Å²) in [5, 5.41) is 5.26. The van der Waals surface area contributed by atoms with Crippen LogP contribution in [0.4, 0.5) is 0 Å². The number of allylic oxidation sites excluding steroid dienone is 2. The second-order valence-corrected chi connectivity index (χ2v) is 13.8. The first-order valence-electron chi connectivity index (χ1n) is 16.6. The van der Waals surface area contributed by atoms with Crippen molar-refractivity contribution in [2.45, 2.75) is 44.6 Å². The Bertz CT molecular complexity index is 2480. The molecule has 1 aromatic heterocycles. The Labute approximate surface area is 270 Å². The van der Waals surface area contributed by atoms with Crippen LogP contribution < -0.4 is 0 Å². The molecule has 0 N–H and O–H groups in total. The van der Waals surface area contributed by atoms with E-state index in [1.165, 1.54) is 82.7 Å². The van der Waals surface area contributed by atoms with E-state index in [9.17, 15) is 0 Å². The highest BCUT2D eigenvalue weighted by Gasteiger charge is 2.35. The molecule has 0 aliphatic heterocycles. The smallest absolute Gasteiger partial charge is 0.101 e. The summed E-state index contributed by atoms with van der Waals surface area (Å²) in [4.78, 5) is 0. The van der Waals surface area contributed by atoms with Crippen LogP contribution in [-0.2, 0) is 18.3 Å². The summed E-state index contributed by atoms with van der Waals surface area (Å²) < 4.78 is 2.52. The SMILES string of the molecule is CC1(C)c2ccccc2-c2cc(-c3ccc4c(c3)c3ccc#cc3n4C3C=Cc4c(c5c(c6ccccc46)C=CCC5)C3)ccc21. The summed E-state index contributed by atoms with van der Waals surface area (Å²) in [6, 6.07) is 43.2. The van der Waals surface area contributed by atoms with Gasteiger partial charge in [0.1, 0.15) is 5.52 Å². The molecule has 0 saturated carbocycles. The van der Waals surface area contributed by atoms with E-state index in [1.54, 1.807) is 0 Å². The predicted molar refractivity (Wildman–Crippen MR) is 193 cm³/mol. The molecule has 0 fully saturated rings. The molecule has 3 aliphatic carbocycles. The summed E-state index contributed by atoms with van der Waals surface area (Å²) in [5.74, 6) is 0. The summed E-state index contributed by atoms with van der Waals surface area (Å²) in [6.07, 6.45) is 12.7. The summed E-state index contributed by atoms with van der Waals surface area (Å²) in [7, 11) is 0. The van der Waals surface area contributed by atoms with Gasteiger partial charge in [0.05, 0.1) is 11.6 Å². The highest BCUT2D eigenvalue weighted by molar-refractivity contribution is 6.09. The quantitative estimate of drug-likeness (QED) is 0.190. The third-order valence-corrected chi connectivity index (χ3v) is 11.1. The molecule has 0 radical (unpaired) electrons. The Morgan fingerprint density at radius 1 is 0.696 bits per heavy atom. The molecular formula is C45H33N. The molecule has 1 nitrogen and oxygen atoms in total. The molecule has 1 atom stereocenters. The summed E-state index contributed by atoms with van der Waals surface area (Å²) in [5.41, 5.74) is 16.3. The van der Waals surface area contributed by atoms with E-state index >= 15 is 0 Å². The first kappa shape index (κ1) is 26.0. The zero-order valence-electron chi connectivity index (χ0n) is 26.2. The molecular weight excluding hydrogens is 555 g/mol. The van der Waals surface area contributed by atoms with Gasteiger partial charge in [0, 0.05) is 16.2 Å². The maximum atomic E-state index is 3.53. The fourth-order valence-electron chi connectivity index (χ4n) is 8.89. The molecule has 0 bridgehead atoms. The van der Waals surface area contributed by atoms with Gasteiger partial charge in [-0.1, -0.05) is 111 Å². The number of nitrogens with zero attached hydrogens (tertiary/aromatic N) is 1. The number of fused-ring (bicyclic) bond motifs is 12. The van der Waals surface area contributed by atoms with Crippen molar-refractivity contribution in [3.8, 4) is 22.3 Å². The first-order chi connectivity index (χ1) is 22.6. The number of benzene rings is 5. The van der Waals surface area contributed by atoms with Crippen molar-refractivity contribution in [2.75, 3.05) is 0 Å². The average molecular weight is 588 g/mol. The minimum Gasteiger partial charge on any atom is -0.326 e. The lowest BCUT2D eigenvalue weighted by atomic mass is 9.80. The lowest BCUT2D eigenvalue weighted by Gasteiger charge is -2.28. The molecule has 3 aliphatic rings. The normalized spacial score (nSPS) is 17.1. The van der Waals surface area contributed by atoms with Crippen LogP contribution in [0.3, 0.4) is 0 Å². The minimum absolute atomic E-state index is 0.0160.